The number of nitrogens with two attached hydrogens (primary N) is 1. The van der Waals surface area contributed by atoms with E-state index in [0.717, 1.165) is 21.9 Å². The van der Waals surface area contributed by atoms with Gasteiger partial charge in [0, 0.05) is 11.9 Å². The van der Waals surface area contributed by atoms with Gasteiger partial charge in [0.2, 0.25) is 5.91 Å². The van der Waals surface area contributed by atoms with E-state index < -0.39 is 0 Å². The third-order valence-electron chi connectivity index (χ3n) is 2.56. The molecule has 3 N–H and O–H groups in total. The van der Waals surface area contributed by atoms with E-state index in [0.29, 0.717) is 0 Å². The van der Waals surface area contributed by atoms with Crippen LogP contribution in [0, 0.1) is 0 Å². The summed E-state index contributed by atoms with van der Waals surface area (Å²) in [7, 11) is 0. The summed E-state index contributed by atoms with van der Waals surface area (Å²) in [6, 6.07) is 9.68. The van der Waals surface area contributed by atoms with Gasteiger partial charge in [-0.2, -0.15) is 0 Å². The number of rotatable bonds is 5. The number of hydrazine groups is 1. The average Bonchev–Trinajstić information content (AvgIpc) is 2.47. The number of carbonyl (C=O) groups excluding carboxylic acids is 1. The molecule has 1 aromatic carbocycles. The van der Waals surface area contributed by atoms with Crippen LogP contribution in [0.1, 0.15) is 11.1 Å². The van der Waals surface area contributed by atoms with Gasteiger partial charge in [0.15, 0.2) is 0 Å². The molecule has 0 fully saturated rings. The molecule has 5 nitrogen and oxygen atoms in total. The van der Waals surface area contributed by atoms with Crippen LogP contribution in [-0.4, -0.2) is 15.9 Å². The maximum Gasteiger partial charge on any atom is 0.238 e. The van der Waals surface area contributed by atoms with Crippen molar-refractivity contribution in [2.75, 3.05) is 0 Å². The highest BCUT2D eigenvalue weighted by atomic mass is 32.2. The smallest absolute Gasteiger partial charge is 0.238 e. The lowest BCUT2D eigenvalue weighted by atomic mass is 10.1. The van der Waals surface area contributed by atoms with Gasteiger partial charge < -0.3 is 0 Å². The molecule has 6 heteroatoms. The van der Waals surface area contributed by atoms with Crippen LogP contribution in [0.2, 0.25) is 0 Å². The van der Waals surface area contributed by atoms with Gasteiger partial charge in [-0.05, 0) is 17.2 Å². The van der Waals surface area contributed by atoms with Crippen LogP contribution in [0.5, 0.6) is 0 Å². The van der Waals surface area contributed by atoms with Gasteiger partial charge >= 0.3 is 0 Å². The first kappa shape index (κ1) is 13.5. The molecule has 0 aliphatic carbocycles. The molecule has 0 bridgehead atoms. The van der Waals surface area contributed by atoms with Crippen molar-refractivity contribution in [1.82, 2.24) is 15.4 Å². The lowest BCUT2D eigenvalue weighted by molar-refractivity contribution is -0.120. The third kappa shape index (κ3) is 4.04. The third-order valence-corrected chi connectivity index (χ3v) is 3.55. The van der Waals surface area contributed by atoms with Crippen molar-refractivity contribution in [2.24, 2.45) is 5.84 Å². The molecule has 0 saturated heterocycles. The van der Waals surface area contributed by atoms with Gasteiger partial charge in [-0.25, -0.2) is 15.8 Å². The largest absolute Gasteiger partial charge is 0.294 e. The van der Waals surface area contributed by atoms with Crippen molar-refractivity contribution < 1.29 is 4.79 Å². The van der Waals surface area contributed by atoms with Crippen LogP contribution in [0.3, 0.4) is 0 Å². The summed E-state index contributed by atoms with van der Waals surface area (Å²) < 4.78 is 0. The fraction of sp³-hybridized carbons (Fsp3) is 0.154. The van der Waals surface area contributed by atoms with Crippen LogP contribution in [-0.2, 0) is 17.0 Å². The number of hydrogen-bond donors (Lipinski definition) is 2. The number of thioether (sulfide) groups is 1. The fourth-order valence-electron chi connectivity index (χ4n) is 1.61. The first-order valence-corrected chi connectivity index (χ1v) is 6.73. The minimum atomic E-state index is -0.195. The number of carbonyl (C=O) groups is 1. The van der Waals surface area contributed by atoms with E-state index in [9.17, 15) is 4.79 Å². The Kier molecular flexibility index (Phi) is 4.88. The number of amides is 1. The van der Waals surface area contributed by atoms with Crippen molar-refractivity contribution in [1.29, 1.82) is 0 Å². The Labute approximate surface area is 115 Å². The second-order valence-electron chi connectivity index (χ2n) is 3.85. The van der Waals surface area contributed by atoms with Crippen LogP contribution >= 0.6 is 11.8 Å². The predicted octanol–water partition coefficient (Wildman–Crippen LogP) is 1.30. The molecule has 1 aromatic heterocycles. The molecule has 1 amide bonds. The maximum atomic E-state index is 11.3. The van der Waals surface area contributed by atoms with Gasteiger partial charge in [0.1, 0.15) is 6.33 Å². The number of aromatic nitrogens is 2. The number of benzene rings is 1. The molecular formula is C13H14N4OS. The minimum absolute atomic E-state index is 0.195. The zero-order chi connectivity index (χ0) is 13.5. The number of nitrogens with zero attached hydrogens (tertiary/aromatic N) is 2. The van der Waals surface area contributed by atoms with E-state index in [1.54, 1.807) is 18.0 Å². The summed E-state index contributed by atoms with van der Waals surface area (Å²) in [5.41, 5.74) is 4.23. The van der Waals surface area contributed by atoms with Crippen LogP contribution in [0.25, 0.3) is 0 Å². The Balaban J connectivity index is 2.05. The average molecular weight is 274 g/mol. The van der Waals surface area contributed by atoms with Crippen LogP contribution in [0.4, 0.5) is 0 Å². The molecule has 0 aliphatic heterocycles. The predicted molar refractivity (Wildman–Crippen MR) is 74.1 cm³/mol. The lowest BCUT2D eigenvalue weighted by Gasteiger charge is -2.08. The minimum Gasteiger partial charge on any atom is -0.294 e. The van der Waals surface area contributed by atoms with Gasteiger partial charge in [-0.15, -0.1) is 11.8 Å². The first-order chi connectivity index (χ1) is 9.29. The van der Waals surface area contributed by atoms with E-state index in [4.69, 9.17) is 5.84 Å². The highest BCUT2D eigenvalue weighted by Gasteiger charge is 2.07. The summed E-state index contributed by atoms with van der Waals surface area (Å²) in [6.45, 7) is 0. The molecule has 0 spiro atoms. The summed E-state index contributed by atoms with van der Waals surface area (Å²) >= 11 is 1.61. The molecule has 2 aromatic rings. The second kappa shape index (κ2) is 6.86. The van der Waals surface area contributed by atoms with E-state index >= 15 is 0 Å². The van der Waals surface area contributed by atoms with Crippen molar-refractivity contribution in [3.8, 4) is 0 Å². The Morgan fingerprint density at radius 3 is 2.74 bits per heavy atom. The molecule has 19 heavy (non-hydrogen) atoms. The molecule has 2 rings (SSSR count). The normalized spacial score (nSPS) is 10.2. The fourth-order valence-corrected chi connectivity index (χ4v) is 2.47. The van der Waals surface area contributed by atoms with E-state index in [-0.39, 0.29) is 12.3 Å². The summed E-state index contributed by atoms with van der Waals surface area (Å²) in [4.78, 5) is 19.4. The Morgan fingerprint density at radius 1 is 1.26 bits per heavy atom. The van der Waals surface area contributed by atoms with Gasteiger partial charge in [0.05, 0.1) is 11.4 Å². The first-order valence-electron chi connectivity index (χ1n) is 5.74. The molecule has 0 unspecified atom stereocenters. The van der Waals surface area contributed by atoms with Crippen molar-refractivity contribution in [2.45, 2.75) is 17.2 Å². The monoisotopic (exact) mass is 274 g/mol. The van der Waals surface area contributed by atoms with Crippen molar-refractivity contribution in [3.63, 3.8) is 0 Å². The molecular weight excluding hydrogens is 260 g/mol. The molecule has 98 valence electrons. The zero-order valence-corrected chi connectivity index (χ0v) is 11.1. The second-order valence-corrected chi connectivity index (χ2v) is 4.84. The lowest BCUT2D eigenvalue weighted by Crippen LogP contribution is -2.31. The molecule has 1 heterocycles. The molecule has 0 atom stereocenters. The van der Waals surface area contributed by atoms with E-state index in [1.165, 1.54) is 6.33 Å². The standard InChI is InChI=1S/C13H14N4OS/c14-17-12(18)7-10-3-1-2-4-11(10)8-19-13-5-6-15-9-16-13/h1-6,9H,7-8,14H2,(H,17,18). The highest BCUT2D eigenvalue weighted by molar-refractivity contribution is 7.98. The Hall–Kier alpha value is -1.92. The van der Waals surface area contributed by atoms with Crippen molar-refractivity contribution >= 4 is 17.7 Å². The topological polar surface area (TPSA) is 80.9 Å². The Bertz CT molecular complexity index is 547. The van der Waals surface area contributed by atoms with E-state index in [2.05, 4.69) is 15.4 Å². The SMILES string of the molecule is NNC(=O)Cc1ccccc1CSc1ccncn1. The van der Waals surface area contributed by atoms with Crippen molar-refractivity contribution in [3.05, 3.63) is 54.0 Å². The molecule has 0 radical (unpaired) electrons. The van der Waals surface area contributed by atoms with Gasteiger partial charge in [-0.1, -0.05) is 24.3 Å². The summed E-state index contributed by atoms with van der Waals surface area (Å²) in [6.07, 6.45) is 3.52. The quantitative estimate of drug-likeness (QED) is 0.282. The number of hydrogen-bond acceptors (Lipinski definition) is 5. The Morgan fingerprint density at radius 2 is 2.05 bits per heavy atom. The van der Waals surface area contributed by atoms with Gasteiger partial charge in [-0.3, -0.25) is 10.2 Å². The number of nitrogens with one attached hydrogen (secondary N) is 1. The highest BCUT2D eigenvalue weighted by Crippen LogP contribution is 2.22. The van der Waals surface area contributed by atoms with Gasteiger partial charge in [0.25, 0.3) is 0 Å². The summed E-state index contributed by atoms with van der Waals surface area (Å²) in [5.74, 6) is 5.67. The molecule has 0 aliphatic rings. The van der Waals surface area contributed by atoms with E-state index in [1.807, 2.05) is 30.3 Å². The van der Waals surface area contributed by atoms with Crippen LogP contribution < -0.4 is 11.3 Å². The summed E-state index contributed by atoms with van der Waals surface area (Å²) in [5, 5.41) is 0.910. The maximum absolute atomic E-state index is 11.3. The molecule has 0 saturated carbocycles. The van der Waals surface area contributed by atoms with Crippen LogP contribution in [0.15, 0.2) is 47.9 Å². The zero-order valence-electron chi connectivity index (χ0n) is 10.2.